The molecule has 1 aromatic rings. The number of aliphatic hydroxyl groups excluding tert-OH is 1. The monoisotopic (exact) mass is 254 g/mol. The zero-order valence-electron chi connectivity index (χ0n) is 10.9. The van der Waals surface area contributed by atoms with Crippen molar-refractivity contribution < 1.29 is 5.11 Å². The van der Waals surface area contributed by atoms with Crippen LogP contribution in [-0.4, -0.2) is 33.6 Å². The maximum atomic E-state index is 9.03. The van der Waals surface area contributed by atoms with Crippen LogP contribution < -0.4 is 0 Å². The number of likely N-dealkylation sites (tertiary alicyclic amines) is 1. The number of rotatable bonds is 2. The molecule has 0 bridgehead atoms. The summed E-state index contributed by atoms with van der Waals surface area (Å²) in [4.78, 5) is 7.04. The zero-order chi connectivity index (χ0) is 12.5. The van der Waals surface area contributed by atoms with E-state index < -0.39 is 0 Å². The van der Waals surface area contributed by atoms with E-state index in [1.807, 2.05) is 5.38 Å². The van der Waals surface area contributed by atoms with Crippen LogP contribution >= 0.6 is 11.3 Å². The molecule has 2 rings (SSSR count). The third-order valence-electron chi connectivity index (χ3n) is 3.52. The summed E-state index contributed by atoms with van der Waals surface area (Å²) in [5.41, 5.74) is 1.10. The average Bonchev–Trinajstić information content (AvgIpc) is 2.76. The lowest BCUT2D eigenvalue weighted by atomic mass is 9.93. The maximum Gasteiger partial charge on any atom is 0.0961 e. The lowest BCUT2D eigenvalue weighted by Gasteiger charge is -2.40. The lowest BCUT2D eigenvalue weighted by molar-refractivity contribution is 0.102. The summed E-state index contributed by atoms with van der Waals surface area (Å²) >= 11 is 1.70. The maximum absolute atomic E-state index is 9.03. The molecule has 17 heavy (non-hydrogen) atoms. The normalized spacial score (nSPS) is 19.8. The van der Waals surface area contributed by atoms with Gasteiger partial charge in [0.25, 0.3) is 0 Å². The Balaban J connectivity index is 1.95. The van der Waals surface area contributed by atoms with E-state index in [-0.39, 0.29) is 12.1 Å². The fourth-order valence-corrected chi connectivity index (χ4v) is 3.36. The summed E-state index contributed by atoms with van der Waals surface area (Å²) in [5.74, 6) is 0.596. The number of aromatic nitrogens is 1. The van der Waals surface area contributed by atoms with E-state index in [9.17, 15) is 0 Å². The Morgan fingerprint density at radius 2 is 2.06 bits per heavy atom. The summed E-state index contributed by atoms with van der Waals surface area (Å²) < 4.78 is 0. The molecule has 1 saturated heterocycles. The molecule has 3 nitrogen and oxygen atoms in total. The molecule has 0 spiro atoms. The quantitative estimate of drug-likeness (QED) is 0.881. The Labute approximate surface area is 107 Å². The van der Waals surface area contributed by atoms with Gasteiger partial charge in [-0.25, -0.2) is 4.98 Å². The van der Waals surface area contributed by atoms with Crippen LogP contribution in [0.1, 0.15) is 50.2 Å². The molecule has 0 amide bonds. The molecule has 2 heterocycles. The first-order valence-corrected chi connectivity index (χ1v) is 7.19. The van der Waals surface area contributed by atoms with Gasteiger partial charge in [0.1, 0.15) is 0 Å². The van der Waals surface area contributed by atoms with Crippen LogP contribution in [0.5, 0.6) is 0 Å². The minimum absolute atomic E-state index is 0.0668. The molecule has 0 unspecified atom stereocenters. The number of thiazole rings is 1. The van der Waals surface area contributed by atoms with E-state index in [4.69, 9.17) is 5.11 Å². The van der Waals surface area contributed by atoms with Crippen molar-refractivity contribution in [2.24, 2.45) is 0 Å². The Morgan fingerprint density at radius 1 is 1.41 bits per heavy atom. The average molecular weight is 254 g/mol. The smallest absolute Gasteiger partial charge is 0.0961 e. The van der Waals surface area contributed by atoms with Gasteiger partial charge in [-0.1, -0.05) is 0 Å². The summed E-state index contributed by atoms with van der Waals surface area (Å²) in [6, 6.07) is 0. The molecular formula is C13H22N2OS. The van der Waals surface area contributed by atoms with E-state index in [1.54, 1.807) is 11.3 Å². The highest BCUT2D eigenvalue weighted by Gasteiger charge is 2.28. The second-order valence-corrected chi connectivity index (χ2v) is 6.66. The van der Waals surface area contributed by atoms with Crippen molar-refractivity contribution >= 4 is 11.3 Å². The van der Waals surface area contributed by atoms with E-state index in [0.717, 1.165) is 18.8 Å². The second-order valence-electron chi connectivity index (χ2n) is 5.77. The highest BCUT2D eigenvalue weighted by molar-refractivity contribution is 7.09. The Morgan fingerprint density at radius 3 is 2.53 bits per heavy atom. The van der Waals surface area contributed by atoms with Gasteiger partial charge < -0.3 is 5.11 Å². The van der Waals surface area contributed by atoms with Crippen LogP contribution in [0, 0.1) is 0 Å². The van der Waals surface area contributed by atoms with Crippen LogP contribution in [-0.2, 0) is 6.61 Å². The van der Waals surface area contributed by atoms with Gasteiger partial charge in [-0.15, -0.1) is 11.3 Å². The fraction of sp³-hybridized carbons (Fsp3) is 0.769. The molecule has 96 valence electrons. The molecule has 0 radical (unpaired) electrons. The van der Waals surface area contributed by atoms with Crippen LogP contribution in [0.4, 0.5) is 0 Å². The first-order chi connectivity index (χ1) is 8.00. The van der Waals surface area contributed by atoms with Crippen LogP contribution in [0.2, 0.25) is 0 Å². The molecule has 1 fully saturated rings. The zero-order valence-corrected chi connectivity index (χ0v) is 11.8. The van der Waals surface area contributed by atoms with E-state index >= 15 is 0 Å². The molecular weight excluding hydrogens is 232 g/mol. The van der Waals surface area contributed by atoms with Crippen molar-refractivity contribution in [3.63, 3.8) is 0 Å². The Kier molecular flexibility index (Phi) is 3.85. The molecule has 0 atom stereocenters. The number of piperidine rings is 1. The van der Waals surface area contributed by atoms with Gasteiger partial charge >= 0.3 is 0 Å². The SMILES string of the molecule is CC(C)(C)N1CCC(c2nc(CO)cs2)CC1. The molecule has 1 aromatic heterocycles. The predicted molar refractivity (Wildman–Crippen MR) is 71.3 cm³/mol. The standard InChI is InChI=1S/C13H22N2OS/c1-13(2,3)15-6-4-10(5-7-15)12-14-11(8-16)9-17-12/h9-10,16H,4-8H2,1-3H3. The van der Waals surface area contributed by atoms with Crippen molar-refractivity contribution in [2.45, 2.75) is 51.7 Å². The minimum Gasteiger partial charge on any atom is -0.390 e. The third kappa shape index (κ3) is 3.06. The van der Waals surface area contributed by atoms with Crippen molar-refractivity contribution in [3.05, 3.63) is 16.1 Å². The largest absolute Gasteiger partial charge is 0.390 e. The van der Waals surface area contributed by atoms with Gasteiger partial charge in [-0.05, 0) is 46.7 Å². The van der Waals surface area contributed by atoms with E-state index in [1.165, 1.54) is 17.8 Å². The fourth-order valence-electron chi connectivity index (χ4n) is 2.38. The van der Waals surface area contributed by atoms with Crippen molar-refractivity contribution in [1.82, 2.24) is 9.88 Å². The van der Waals surface area contributed by atoms with Crippen LogP contribution in [0.15, 0.2) is 5.38 Å². The summed E-state index contributed by atoms with van der Waals surface area (Å²) in [5, 5.41) is 12.2. The van der Waals surface area contributed by atoms with Crippen LogP contribution in [0.25, 0.3) is 0 Å². The molecule has 1 aliphatic heterocycles. The number of hydrogen-bond donors (Lipinski definition) is 1. The highest BCUT2D eigenvalue weighted by atomic mass is 32.1. The summed E-state index contributed by atoms with van der Waals surface area (Å²) in [6.45, 7) is 9.21. The molecule has 1 aliphatic rings. The number of aliphatic hydroxyl groups is 1. The Hall–Kier alpha value is -0.450. The van der Waals surface area contributed by atoms with Crippen molar-refractivity contribution in [2.75, 3.05) is 13.1 Å². The second kappa shape index (κ2) is 5.04. The topological polar surface area (TPSA) is 36.4 Å². The predicted octanol–water partition coefficient (Wildman–Crippen LogP) is 2.61. The number of nitrogens with zero attached hydrogens (tertiary/aromatic N) is 2. The first kappa shape index (κ1) is 13.0. The minimum atomic E-state index is 0.0668. The summed E-state index contributed by atoms with van der Waals surface area (Å²) in [6.07, 6.45) is 2.38. The molecule has 1 N–H and O–H groups in total. The van der Waals surface area contributed by atoms with Gasteiger partial charge in [0, 0.05) is 16.8 Å². The van der Waals surface area contributed by atoms with E-state index in [2.05, 4.69) is 30.7 Å². The summed E-state index contributed by atoms with van der Waals surface area (Å²) in [7, 11) is 0. The first-order valence-electron chi connectivity index (χ1n) is 6.31. The van der Waals surface area contributed by atoms with Gasteiger partial charge in [0.2, 0.25) is 0 Å². The van der Waals surface area contributed by atoms with E-state index in [0.29, 0.717) is 5.92 Å². The van der Waals surface area contributed by atoms with Gasteiger partial charge in [-0.3, -0.25) is 4.90 Å². The van der Waals surface area contributed by atoms with Gasteiger partial charge in [0.15, 0.2) is 0 Å². The molecule has 0 aliphatic carbocycles. The third-order valence-corrected chi connectivity index (χ3v) is 4.58. The van der Waals surface area contributed by atoms with Gasteiger partial charge in [0.05, 0.1) is 17.3 Å². The highest BCUT2D eigenvalue weighted by Crippen LogP contribution is 2.32. The van der Waals surface area contributed by atoms with Gasteiger partial charge in [-0.2, -0.15) is 0 Å². The van der Waals surface area contributed by atoms with Crippen LogP contribution in [0.3, 0.4) is 0 Å². The Bertz CT molecular complexity index is 362. The van der Waals surface area contributed by atoms with Crippen molar-refractivity contribution in [1.29, 1.82) is 0 Å². The lowest BCUT2D eigenvalue weighted by Crippen LogP contribution is -2.45. The molecule has 0 saturated carbocycles. The molecule has 0 aromatic carbocycles. The number of hydrogen-bond acceptors (Lipinski definition) is 4. The van der Waals surface area contributed by atoms with Crippen molar-refractivity contribution in [3.8, 4) is 0 Å². The molecule has 4 heteroatoms.